The molecule has 17 heavy (non-hydrogen) atoms. The van der Waals surface area contributed by atoms with Crippen LogP contribution < -0.4 is 5.73 Å². The number of hydrogen-bond donors (Lipinski definition) is 1. The van der Waals surface area contributed by atoms with Gasteiger partial charge in [0.2, 0.25) is 0 Å². The molecule has 0 aliphatic heterocycles. The number of esters is 1. The summed E-state index contributed by atoms with van der Waals surface area (Å²) < 4.78 is 9.74. The van der Waals surface area contributed by atoms with Crippen molar-refractivity contribution in [2.75, 3.05) is 12.8 Å². The van der Waals surface area contributed by atoms with E-state index >= 15 is 0 Å². The van der Waals surface area contributed by atoms with Crippen molar-refractivity contribution in [3.05, 3.63) is 36.2 Å². The van der Waals surface area contributed by atoms with E-state index in [0.717, 1.165) is 0 Å². The summed E-state index contributed by atoms with van der Waals surface area (Å²) in [6, 6.07) is 4.91. The molecule has 1 heterocycles. The van der Waals surface area contributed by atoms with Gasteiger partial charge in [0.25, 0.3) is 5.22 Å². The highest BCUT2D eigenvalue weighted by molar-refractivity contribution is 7.99. The van der Waals surface area contributed by atoms with E-state index in [9.17, 15) is 4.79 Å². The van der Waals surface area contributed by atoms with Crippen LogP contribution in [-0.2, 0) is 4.74 Å². The number of ether oxygens (including phenoxy) is 1. The largest absolute Gasteiger partial charge is 0.465 e. The van der Waals surface area contributed by atoms with E-state index in [1.165, 1.54) is 25.1 Å². The molecule has 6 heteroatoms. The maximum absolute atomic E-state index is 11.4. The van der Waals surface area contributed by atoms with Crippen LogP contribution in [0.5, 0.6) is 0 Å². The van der Waals surface area contributed by atoms with Crippen molar-refractivity contribution < 1.29 is 13.9 Å². The van der Waals surface area contributed by atoms with Crippen LogP contribution in [0, 0.1) is 0 Å². The van der Waals surface area contributed by atoms with Gasteiger partial charge in [-0.15, -0.1) is 0 Å². The van der Waals surface area contributed by atoms with Gasteiger partial charge in [-0.25, -0.2) is 9.78 Å². The molecular formula is C11H10N2O3S. The molecule has 88 valence electrons. The molecule has 0 saturated heterocycles. The Bertz CT molecular complexity index is 526. The first-order valence-corrected chi connectivity index (χ1v) is 5.57. The van der Waals surface area contributed by atoms with Gasteiger partial charge in [0.15, 0.2) is 0 Å². The number of methoxy groups -OCH3 is 1. The number of carbonyl (C=O) groups excluding carboxylic acids is 1. The number of nitrogens with two attached hydrogens (primary N) is 1. The fourth-order valence-electron chi connectivity index (χ4n) is 1.22. The second-order valence-corrected chi connectivity index (χ2v) is 4.14. The van der Waals surface area contributed by atoms with E-state index in [1.807, 2.05) is 0 Å². The molecule has 1 aromatic carbocycles. The number of nitrogen functional groups attached to an aromatic ring is 1. The highest BCUT2D eigenvalue weighted by atomic mass is 32.2. The Morgan fingerprint density at radius 3 is 3.00 bits per heavy atom. The van der Waals surface area contributed by atoms with Crippen LogP contribution in [0.2, 0.25) is 0 Å². The molecule has 0 radical (unpaired) electrons. The highest BCUT2D eigenvalue weighted by Gasteiger charge is 2.11. The summed E-state index contributed by atoms with van der Waals surface area (Å²) in [6.45, 7) is 0. The van der Waals surface area contributed by atoms with Crippen LogP contribution in [-0.4, -0.2) is 18.1 Å². The third kappa shape index (κ3) is 2.59. The summed E-state index contributed by atoms with van der Waals surface area (Å²) in [6.07, 6.45) is 3.02. The molecule has 0 bridgehead atoms. The topological polar surface area (TPSA) is 78.4 Å². The second kappa shape index (κ2) is 4.92. The van der Waals surface area contributed by atoms with Crippen LogP contribution in [0.15, 0.2) is 45.2 Å². The monoisotopic (exact) mass is 250 g/mol. The fraction of sp³-hybridized carbons (Fsp3) is 0.0909. The SMILES string of the molecule is COC(=O)c1ccc(N)c(Sc2ncco2)c1. The Morgan fingerprint density at radius 2 is 2.35 bits per heavy atom. The minimum Gasteiger partial charge on any atom is -0.465 e. The van der Waals surface area contributed by atoms with Gasteiger partial charge in [-0.1, -0.05) is 0 Å². The van der Waals surface area contributed by atoms with Gasteiger partial charge in [-0.05, 0) is 30.0 Å². The third-order valence-corrected chi connectivity index (χ3v) is 2.99. The molecule has 0 aliphatic carbocycles. The number of carbonyl (C=O) groups is 1. The molecule has 2 aromatic rings. The minimum absolute atomic E-state index is 0.403. The van der Waals surface area contributed by atoms with E-state index in [1.54, 1.807) is 24.4 Å². The first-order valence-electron chi connectivity index (χ1n) is 4.76. The second-order valence-electron chi connectivity index (χ2n) is 3.14. The Labute approximate surface area is 102 Å². The Balaban J connectivity index is 2.29. The summed E-state index contributed by atoms with van der Waals surface area (Å²) in [5.74, 6) is -0.403. The normalized spacial score (nSPS) is 10.2. The molecule has 0 saturated carbocycles. The lowest BCUT2D eigenvalue weighted by Gasteiger charge is -2.05. The van der Waals surface area contributed by atoms with E-state index < -0.39 is 5.97 Å². The molecule has 0 fully saturated rings. The first-order chi connectivity index (χ1) is 8.20. The van der Waals surface area contributed by atoms with Crippen molar-refractivity contribution in [2.45, 2.75) is 10.1 Å². The number of nitrogens with zero attached hydrogens (tertiary/aromatic N) is 1. The number of rotatable bonds is 3. The zero-order valence-corrected chi connectivity index (χ0v) is 9.86. The smallest absolute Gasteiger partial charge is 0.337 e. The van der Waals surface area contributed by atoms with E-state index in [-0.39, 0.29) is 0 Å². The quantitative estimate of drug-likeness (QED) is 0.664. The van der Waals surface area contributed by atoms with Gasteiger partial charge in [0, 0.05) is 10.6 Å². The number of aromatic nitrogens is 1. The van der Waals surface area contributed by atoms with Crippen molar-refractivity contribution in [2.24, 2.45) is 0 Å². The van der Waals surface area contributed by atoms with Crippen LogP contribution in [0.25, 0.3) is 0 Å². The van der Waals surface area contributed by atoms with Crippen molar-refractivity contribution in [3.8, 4) is 0 Å². The molecule has 2 N–H and O–H groups in total. The average Bonchev–Trinajstić information content (AvgIpc) is 2.84. The molecule has 0 atom stereocenters. The zero-order valence-electron chi connectivity index (χ0n) is 9.04. The van der Waals surface area contributed by atoms with Crippen LogP contribution >= 0.6 is 11.8 Å². The molecular weight excluding hydrogens is 240 g/mol. The number of anilines is 1. The standard InChI is InChI=1S/C11H10N2O3S/c1-15-10(14)7-2-3-8(12)9(6-7)17-11-13-4-5-16-11/h2-6H,12H2,1H3. The summed E-state index contributed by atoms with van der Waals surface area (Å²) in [5.41, 5.74) is 6.80. The molecule has 5 nitrogen and oxygen atoms in total. The Hall–Kier alpha value is -1.95. The third-order valence-electron chi connectivity index (χ3n) is 2.04. The molecule has 0 spiro atoms. The summed E-state index contributed by atoms with van der Waals surface area (Å²) >= 11 is 1.25. The lowest BCUT2D eigenvalue weighted by atomic mass is 10.2. The van der Waals surface area contributed by atoms with E-state index in [2.05, 4.69) is 9.72 Å². The maximum atomic E-state index is 11.4. The average molecular weight is 250 g/mol. The Morgan fingerprint density at radius 1 is 1.53 bits per heavy atom. The van der Waals surface area contributed by atoms with E-state index in [0.29, 0.717) is 21.4 Å². The fourth-order valence-corrected chi connectivity index (χ4v) is 2.00. The highest BCUT2D eigenvalue weighted by Crippen LogP contribution is 2.31. The zero-order chi connectivity index (χ0) is 12.3. The van der Waals surface area contributed by atoms with Crippen LogP contribution in [0.3, 0.4) is 0 Å². The van der Waals surface area contributed by atoms with Crippen molar-refractivity contribution in [3.63, 3.8) is 0 Å². The minimum atomic E-state index is -0.403. The summed E-state index contributed by atoms with van der Waals surface area (Å²) in [4.78, 5) is 16.0. The molecule has 0 amide bonds. The predicted molar refractivity (Wildman–Crippen MR) is 62.8 cm³/mol. The number of oxazole rings is 1. The summed E-state index contributed by atoms with van der Waals surface area (Å²) in [5, 5.41) is 0.471. The lowest BCUT2D eigenvalue weighted by Crippen LogP contribution is -2.02. The summed E-state index contributed by atoms with van der Waals surface area (Å²) in [7, 11) is 1.33. The van der Waals surface area contributed by atoms with Crippen molar-refractivity contribution in [1.29, 1.82) is 0 Å². The van der Waals surface area contributed by atoms with Crippen LogP contribution in [0.1, 0.15) is 10.4 Å². The van der Waals surface area contributed by atoms with Gasteiger partial charge >= 0.3 is 5.97 Å². The van der Waals surface area contributed by atoms with Gasteiger partial charge in [0.1, 0.15) is 6.26 Å². The molecule has 0 aliphatic rings. The number of hydrogen-bond acceptors (Lipinski definition) is 6. The number of benzene rings is 1. The molecule has 2 rings (SSSR count). The van der Waals surface area contributed by atoms with Crippen LogP contribution in [0.4, 0.5) is 5.69 Å². The Kier molecular flexibility index (Phi) is 3.34. The van der Waals surface area contributed by atoms with Crippen molar-refractivity contribution >= 4 is 23.4 Å². The van der Waals surface area contributed by atoms with Gasteiger partial charge in [-0.2, -0.15) is 0 Å². The molecule has 0 unspecified atom stereocenters. The van der Waals surface area contributed by atoms with Gasteiger partial charge < -0.3 is 14.9 Å². The first kappa shape index (κ1) is 11.5. The maximum Gasteiger partial charge on any atom is 0.337 e. The predicted octanol–water partition coefficient (Wildman–Crippen LogP) is 2.19. The molecule has 1 aromatic heterocycles. The lowest BCUT2D eigenvalue weighted by molar-refractivity contribution is 0.0600. The van der Waals surface area contributed by atoms with Gasteiger partial charge in [-0.3, -0.25) is 0 Å². The van der Waals surface area contributed by atoms with Gasteiger partial charge in [0.05, 0.1) is 18.9 Å². The van der Waals surface area contributed by atoms with E-state index in [4.69, 9.17) is 10.2 Å². The van der Waals surface area contributed by atoms with Crippen molar-refractivity contribution in [1.82, 2.24) is 4.98 Å².